The minimum Gasteiger partial charge on any atom is -0.392 e. The zero-order chi connectivity index (χ0) is 11.6. The van der Waals surface area contributed by atoms with Crippen molar-refractivity contribution >= 4 is 5.69 Å². The summed E-state index contributed by atoms with van der Waals surface area (Å²) < 4.78 is 37.0. The molecule has 0 aromatic heterocycles. The van der Waals surface area contributed by atoms with E-state index in [4.69, 9.17) is 5.11 Å². The molecule has 0 unspecified atom stereocenters. The summed E-state index contributed by atoms with van der Waals surface area (Å²) in [5.74, 6) is 0. The molecule has 0 radical (unpaired) electrons. The van der Waals surface area contributed by atoms with E-state index in [1.165, 1.54) is 0 Å². The highest BCUT2D eigenvalue weighted by molar-refractivity contribution is 5.41. The van der Waals surface area contributed by atoms with Crippen LogP contribution in [0, 0.1) is 10.1 Å². The largest absolute Gasteiger partial charge is 0.417 e. The number of aliphatic hydroxyl groups is 1. The lowest BCUT2D eigenvalue weighted by Crippen LogP contribution is -2.09. The number of hydrogen-bond acceptors (Lipinski definition) is 3. The van der Waals surface area contributed by atoms with Gasteiger partial charge in [-0.25, -0.2) is 0 Å². The Balaban J connectivity index is 3.32. The molecule has 0 spiro atoms. The van der Waals surface area contributed by atoms with Crippen LogP contribution < -0.4 is 0 Å². The summed E-state index contributed by atoms with van der Waals surface area (Å²) in [5, 5.41) is 18.9. The van der Waals surface area contributed by atoms with Gasteiger partial charge in [0.1, 0.15) is 0 Å². The van der Waals surface area contributed by atoms with Crippen LogP contribution in [0.2, 0.25) is 0 Å². The van der Waals surface area contributed by atoms with Crippen molar-refractivity contribution in [2.75, 3.05) is 0 Å². The number of alkyl halides is 3. The van der Waals surface area contributed by atoms with Crippen LogP contribution in [-0.2, 0) is 12.8 Å². The van der Waals surface area contributed by atoms with E-state index in [1.54, 1.807) is 0 Å². The van der Waals surface area contributed by atoms with Gasteiger partial charge in [0.2, 0.25) is 0 Å². The summed E-state index contributed by atoms with van der Waals surface area (Å²) >= 11 is 0. The van der Waals surface area contributed by atoms with Gasteiger partial charge in [0.05, 0.1) is 17.1 Å². The molecule has 0 aliphatic rings. The molecule has 0 saturated heterocycles. The van der Waals surface area contributed by atoms with Gasteiger partial charge in [-0.05, 0) is 11.6 Å². The third-order valence-electron chi connectivity index (χ3n) is 1.78. The number of nitro benzene ring substituents is 1. The molecule has 0 atom stereocenters. The molecule has 0 saturated carbocycles. The Hall–Kier alpha value is -1.63. The second-order valence-corrected chi connectivity index (χ2v) is 2.75. The third-order valence-corrected chi connectivity index (χ3v) is 1.78. The Bertz CT molecular complexity index is 389. The molecule has 82 valence electrons. The highest BCUT2D eigenvalue weighted by atomic mass is 19.4. The van der Waals surface area contributed by atoms with Gasteiger partial charge in [-0.1, -0.05) is 0 Å². The summed E-state index contributed by atoms with van der Waals surface area (Å²) in [4.78, 5) is 9.34. The summed E-state index contributed by atoms with van der Waals surface area (Å²) in [7, 11) is 0. The number of rotatable bonds is 2. The number of nitro groups is 1. The summed E-state index contributed by atoms with van der Waals surface area (Å²) in [6.07, 6.45) is -4.70. The molecule has 1 aromatic rings. The van der Waals surface area contributed by atoms with Crippen molar-refractivity contribution in [3.8, 4) is 0 Å². The van der Waals surface area contributed by atoms with Gasteiger partial charge in [-0.2, -0.15) is 13.2 Å². The lowest BCUT2D eigenvalue weighted by molar-refractivity contribution is -0.385. The fourth-order valence-corrected chi connectivity index (χ4v) is 1.08. The van der Waals surface area contributed by atoms with Crippen LogP contribution in [0.4, 0.5) is 18.9 Å². The van der Waals surface area contributed by atoms with E-state index in [0.29, 0.717) is 6.07 Å². The molecule has 4 nitrogen and oxygen atoms in total. The zero-order valence-electron chi connectivity index (χ0n) is 7.28. The quantitative estimate of drug-likeness (QED) is 0.614. The van der Waals surface area contributed by atoms with Crippen LogP contribution in [0.3, 0.4) is 0 Å². The fourth-order valence-electron chi connectivity index (χ4n) is 1.08. The molecule has 0 bridgehead atoms. The molecule has 1 aromatic carbocycles. The van der Waals surface area contributed by atoms with Crippen LogP contribution in [0.5, 0.6) is 0 Å². The molecule has 0 amide bonds. The highest BCUT2D eigenvalue weighted by Gasteiger charge is 2.34. The van der Waals surface area contributed by atoms with Crippen molar-refractivity contribution < 1.29 is 23.2 Å². The van der Waals surface area contributed by atoms with Gasteiger partial charge >= 0.3 is 6.18 Å². The average molecular weight is 221 g/mol. The maximum absolute atomic E-state index is 12.3. The number of aliphatic hydroxyl groups excluding tert-OH is 1. The SMILES string of the molecule is O=[N+]([O-])c1ccc(CO)c(C(F)(F)F)c1. The average Bonchev–Trinajstić information content (AvgIpc) is 2.15. The molecule has 0 heterocycles. The predicted octanol–water partition coefficient (Wildman–Crippen LogP) is 2.11. The van der Waals surface area contributed by atoms with Crippen LogP contribution in [-0.4, -0.2) is 10.0 Å². The maximum atomic E-state index is 12.3. The van der Waals surface area contributed by atoms with Gasteiger partial charge in [0, 0.05) is 12.1 Å². The van der Waals surface area contributed by atoms with Crippen molar-refractivity contribution in [3.05, 3.63) is 39.4 Å². The second kappa shape index (κ2) is 3.85. The van der Waals surface area contributed by atoms with E-state index in [1.807, 2.05) is 0 Å². The Morgan fingerprint density at radius 1 is 1.40 bits per heavy atom. The summed E-state index contributed by atoms with van der Waals surface area (Å²) in [6.45, 7) is -0.813. The first kappa shape index (κ1) is 11.4. The Kier molecular flexibility index (Phi) is 2.94. The first-order valence-electron chi connectivity index (χ1n) is 3.81. The number of non-ortho nitro benzene ring substituents is 1. The lowest BCUT2D eigenvalue weighted by Gasteiger charge is -2.10. The van der Waals surface area contributed by atoms with Crippen LogP contribution in [0.1, 0.15) is 11.1 Å². The van der Waals surface area contributed by atoms with Crippen LogP contribution >= 0.6 is 0 Å². The smallest absolute Gasteiger partial charge is 0.392 e. The Morgan fingerprint density at radius 2 is 2.00 bits per heavy atom. The molecular weight excluding hydrogens is 215 g/mol. The molecular formula is C8H6F3NO3. The molecule has 0 fully saturated rings. The topological polar surface area (TPSA) is 63.4 Å². The van der Waals surface area contributed by atoms with E-state index in [-0.39, 0.29) is 5.56 Å². The normalized spacial score (nSPS) is 11.5. The molecule has 7 heteroatoms. The minimum absolute atomic E-state index is 0.381. The van der Waals surface area contributed by atoms with E-state index in [0.717, 1.165) is 12.1 Å². The first-order chi connectivity index (χ1) is 6.86. The van der Waals surface area contributed by atoms with Crippen molar-refractivity contribution in [2.24, 2.45) is 0 Å². The molecule has 15 heavy (non-hydrogen) atoms. The van der Waals surface area contributed by atoms with Crippen molar-refractivity contribution in [1.82, 2.24) is 0 Å². The Morgan fingerprint density at radius 3 is 2.40 bits per heavy atom. The standard InChI is InChI=1S/C8H6F3NO3/c9-8(10,11)7-3-6(12(14)15)2-1-5(7)4-13/h1-3,13H,4H2. The van der Waals surface area contributed by atoms with Crippen molar-refractivity contribution in [1.29, 1.82) is 0 Å². The number of nitrogens with zero attached hydrogens (tertiary/aromatic N) is 1. The van der Waals surface area contributed by atoms with Gasteiger partial charge in [0.15, 0.2) is 0 Å². The molecule has 1 rings (SSSR count). The van der Waals surface area contributed by atoms with Gasteiger partial charge in [0.25, 0.3) is 5.69 Å². The highest BCUT2D eigenvalue weighted by Crippen LogP contribution is 2.34. The molecule has 0 aliphatic heterocycles. The first-order valence-corrected chi connectivity index (χ1v) is 3.81. The number of halogens is 3. The van der Waals surface area contributed by atoms with Gasteiger partial charge in [-0.3, -0.25) is 10.1 Å². The molecule has 0 aliphatic carbocycles. The fraction of sp³-hybridized carbons (Fsp3) is 0.250. The van der Waals surface area contributed by atoms with Crippen LogP contribution in [0.15, 0.2) is 18.2 Å². The summed E-state index contributed by atoms with van der Waals surface area (Å²) in [5.41, 5.74) is -2.22. The van der Waals surface area contributed by atoms with Crippen LogP contribution in [0.25, 0.3) is 0 Å². The van der Waals surface area contributed by atoms with E-state index in [2.05, 4.69) is 0 Å². The van der Waals surface area contributed by atoms with E-state index >= 15 is 0 Å². The van der Waals surface area contributed by atoms with E-state index in [9.17, 15) is 23.3 Å². The van der Waals surface area contributed by atoms with Crippen molar-refractivity contribution in [3.63, 3.8) is 0 Å². The predicted molar refractivity (Wildman–Crippen MR) is 44.0 cm³/mol. The zero-order valence-corrected chi connectivity index (χ0v) is 7.28. The Labute approximate surface area is 82.1 Å². The van der Waals surface area contributed by atoms with E-state index < -0.39 is 29.0 Å². The lowest BCUT2D eigenvalue weighted by atomic mass is 10.1. The maximum Gasteiger partial charge on any atom is 0.417 e. The second-order valence-electron chi connectivity index (χ2n) is 2.75. The number of benzene rings is 1. The van der Waals surface area contributed by atoms with Gasteiger partial charge < -0.3 is 5.11 Å². The third kappa shape index (κ3) is 2.44. The van der Waals surface area contributed by atoms with Gasteiger partial charge in [-0.15, -0.1) is 0 Å². The monoisotopic (exact) mass is 221 g/mol. The summed E-state index contributed by atoms with van der Waals surface area (Å²) in [6, 6.07) is 2.22. The molecule has 1 N–H and O–H groups in total. The van der Waals surface area contributed by atoms with Crippen molar-refractivity contribution in [2.45, 2.75) is 12.8 Å². The minimum atomic E-state index is -4.70. The number of hydrogen-bond donors (Lipinski definition) is 1.